The molecule has 120 valence electrons. The minimum atomic E-state index is -0.0919. The number of likely N-dealkylation sites (tertiary alicyclic amines) is 1. The number of hydrogen-bond acceptors (Lipinski definition) is 3. The Morgan fingerprint density at radius 1 is 1.27 bits per heavy atom. The number of anilines is 2. The van der Waals surface area contributed by atoms with Crippen molar-refractivity contribution in [2.75, 3.05) is 36.4 Å². The number of nitrogens with zero attached hydrogens (tertiary/aromatic N) is 2. The van der Waals surface area contributed by atoms with Crippen LogP contribution in [0.25, 0.3) is 0 Å². The smallest absolute Gasteiger partial charge is 0.231 e. The van der Waals surface area contributed by atoms with Gasteiger partial charge in [0.15, 0.2) is 0 Å². The van der Waals surface area contributed by atoms with Crippen molar-refractivity contribution in [1.29, 1.82) is 0 Å². The lowest BCUT2D eigenvalue weighted by atomic mass is 9.99. The van der Waals surface area contributed by atoms with Gasteiger partial charge < -0.3 is 15.1 Å². The lowest BCUT2D eigenvalue weighted by molar-refractivity contribution is -0.139. The molecule has 0 saturated carbocycles. The summed E-state index contributed by atoms with van der Waals surface area (Å²) in [6.07, 6.45) is 0. The fourth-order valence-corrected chi connectivity index (χ4v) is 2.71. The highest BCUT2D eigenvalue weighted by molar-refractivity contribution is 5.95. The summed E-state index contributed by atoms with van der Waals surface area (Å²) in [6.45, 7) is 10.8. The van der Waals surface area contributed by atoms with Crippen LogP contribution in [-0.4, -0.2) is 42.9 Å². The summed E-state index contributed by atoms with van der Waals surface area (Å²) in [6, 6.07) is 6.10. The maximum Gasteiger partial charge on any atom is 0.231 e. The first-order valence-electron chi connectivity index (χ1n) is 7.88. The van der Waals surface area contributed by atoms with Crippen LogP contribution in [0.1, 0.15) is 26.3 Å². The Kier molecular flexibility index (Phi) is 5.06. The monoisotopic (exact) mass is 303 g/mol. The van der Waals surface area contributed by atoms with Gasteiger partial charge in [-0.25, -0.2) is 0 Å². The van der Waals surface area contributed by atoms with Crippen LogP contribution in [0, 0.1) is 12.8 Å². The minimum absolute atomic E-state index is 0.00353. The van der Waals surface area contributed by atoms with Crippen LogP contribution in [0.15, 0.2) is 18.2 Å². The van der Waals surface area contributed by atoms with Crippen LogP contribution in [0.3, 0.4) is 0 Å². The zero-order valence-corrected chi connectivity index (χ0v) is 13.8. The predicted molar refractivity (Wildman–Crippen MR) is 89.1 cm³/mol. The maximum atomic E-state index is 12.2. The second kappa shape index (κ2) is 6.81. The predicted octanol–water partition coefficient (Wildman–Crippen LogP) is 2.26. The van der Waals surface area contributed by atoms with E-state index in [0.717, 1.165) is 24.3 Å². The van der Waals surface area contributed by atoms with Gasteiger partial charge in [-0.15, -0.1) is 0 Å². The van der Waals surface area contributed by atoms with Crippen molar-refractivity contribution in [3.63, 3.8) is 0 Å². The number of carbonyl (C=O) groups is 2. The Morgan fingerprint density at radius 3 is 2.41 bits per heavy atom. The van der Waals surface area contributed by atoms with E-state index in [1.165, 1.54) is 12.6 Å². The van der Waals surface area contributed by atoms with Gasteiger partial charge in [-0.1, -0.05) is 0 Å². The SMILES string of the molecule is CCN(CC)c1ccc(NC(=O)C2CN(C(C)=O)C2)c(C)c1. The van der Waals surface area contributed by atoms with Gasteiger partial charge >= 0.3 is 0 Å². The Labute approximate surface area is 132 Å². The minimum Gasteiger partial charge on any atom is -0.372 e. The second-order valence-corrected chi connectivity index (χ2v) is 5.78. The zero-order chi connectivity index (χ0) is 16.3. The molecule has 0 radical (unpaired) electrons. The Bertz CT molecular complexity index is 561. The molecule has 5 heteroatoms. The largest absolute Gasteiger partial charge is 0.372 e. The molecule has 1 aromatic rings. The van der Waals surface area contributed by atoms with Gasteiger partial charge in [0.05, 0.1) is 5.92 Å². The zero-order valence-electron chi connectivity index (χ0n) is 13.8. The van der Waals surface area contributed by atoms with Crippen molar-refractivity contribution in [1.82, 2.24) is 4.90 Å². The fraction of sp³-hybridized carbons (Fsp3) is 0.529. The number of benzene rings is 1. The molecule has 2 amide bonds. The summed E-state index contributed by atoms with van der Waals surface area (Å²) in [5.74, 6) is -0.0641. The highest BCUT2D eigenvalue weighted by Gasteiger charge is 2.34. The van der Waals surface area contributed by atoms with E-state index >= 15 is 0 Å². The lowest BCUT2D eigenvalue weighted by Crippen LogP contribution is -2.53. The molecule has 5 nitrogen and oxygen atoms in total. The summed E-state index contributed by atoms with van der Waals surface area (Å²) in [5.41, 5.74) is 3.08. The molecule has 22 heavy (non-hydrogen) atoms. The van der Waals surface area contributed by atoms with Gasteiger partial charge in [-0.05, 0) is 44.5 Å². The van der Waals surface area contributed by atoms with Gasteiger partial charge in [0.1, 0.15) is 0 Å². The number of amides is 2. The quantitative estimate of drug-likeness (QED) is 0.908. The molecule has 0 unspecified atom stereocenters. The van der Waals surface area contributed by atoms with E-state index < -0.39 is 0 Å². The summed E-state index contributed by atoms with van der Waals surface area (Å²) in [5, 5.41) is 2.98. The fourth-order valence-electron chi connectivity index (χ4n) is 2.71. The van der Waals surface area contributed by atoms with Crippen LogP contribution in [0.2, 0.25) is 0 Å². The number of hydrogen-bond donors (Lipinski definition) is 1. The van der Waals surface area contributed by atoms with E-state index in [1.54, 1.807) is 4.90 Å². The highest BCUT2D eigenvalue weighted by Crippen LogP contribution is 2.24. The highest BCUT2D eigenvalue weighted by atomic mass is 16.2. The van der Waals surface area contributed by atoms with Crippen LogP contribution in [0.5, 0.6) is 0 Å². The first-order valence-corrected chi connectivity index (χ1v) is 7.88. The number of aryl methyl sites for hydroxylation is 1. The van der Waals surface area contributed by atoms with Crippen molar-refractivity contribution in [3.05, 3.63) is 23.8 Å². The molecule has 0 bridgehead atoms. The average Bonchev–Trinajstić information content (AvgIpc) is 2.41. The molecule has 1 N–H and O–H groups in total. The summed E-state index contributed by atoms with van der Waals surface area (Å²) in [7, 11) is 0. The average molecular weight is 303 g/mol. The first kappa shape index (κ1) is 16.3. The van der Waals surface area contributed by atoms with Crippen molar-refractivity contribution in [2.24, 2.45) is 5.92 Å². The third kappa shape index (κ3) is 3.40. The summed E-state index contributed by atoms with van der Waals surface area (Å²) >= 11 is 0. The number of nitrogens with one attached hydrogen (secondary N) is 1. The van der Waals surface area contributed by atoms with Crippen LogP contribution < -0.4 is 10.2 Å². The van der Waals surface area contributed by atoms with E-state index in [1.807, 2.05) is 19.1 Å². The van der Waals surface area contributed by atoms with Gasteiger partial charge in [-0.2, -0.15) is 0 Å². The molecule has 1 saturated heterocycles. The molecule has 1 fully saturated rings. The third-order valence-corrected chi connectivity index (χ3v) is 4.29. The lowest BCUT2D eigenvalue weighted by Gasteiger charge is -2.37. The van der Waals surface area contributed by atoms with Crippen molar-refractivity contribution >= 4 is 23.2 Å². The molecule has 1 heterocycles. The maximum absolute atomic E-state index is 12.2. The topological polar surface area (TPSA) is 52.7 Å². The Balaban J connectivity index is 1.99. The second-order valence-electron chi connectivity index (χ2n) is 5.78. The summed E-state index contributed by atoms with van der Waals surface area (Å²) in [4.78, 5) is 27.3. The number of carbonyl (C=O) groups excluding carboxylic acids is 2. The van der Waals surface area contributed by atoms with E-state index in [4.69, 9.17) is 0 Å². The van der Waals surface area contributed by atoms with Crippen molar-refractivity contribution < 1.29 is 9.59 Å². The van der Waals surface area contributed by atoms with Crippen LogP contribution in [-0.2, 0) is 9.59 Å². The van der Waals surface area contributed by atoms with Crippen molar-refractivity contribution in [3.8, 4) is 0 Å². The van der Waals surface area contributed by atoms with E-state index in [9.17, 15) is 9.59 Å². The first-order chi connectivity index (χ1) is 10.5. The molecular weight excluding hydrogens is 278 g/mol. The van der Waals surface area contributed by atoms with E-state index in [-0.39, 0.29) is 17.7 Å². The standard InChI is InChI=1S/C17H25N3O2/c1-5-19(6-2)15-7-8-16(12(3)9-15)18-17(22)14-10-20(11-14)13(4)21/h7-9,14H,5-6,10-11H2,1-4H3,(H,18,22). The van der Waals surface area contributed by atoms with E-state index in [2.05, 4.69) is 30.1 Å². The summed E-state index contributed by atoms with van der Waals surface area (Å²) < 4.78 is 0. The van der Waals surface area contributed by atoms with Gasteiger partial charge in [0, 0.05) is 44.5 Å². The Hall–Kier alpha value is -2.04. The molecule has 1 aromatic carbocycles. The third-order valence-electron chi connectivity index (χ3n) is 4.29. The van der Waals surface area contributed by atoms with E-state index in [0.29, 0.717) is 13.1 Å². The molecule has 0 aromatic heterocycles. The van der Waals surface area contributed by atoms with Gasteiger partial charge in [0.2, 0.25) is 11.8 Å². The van der Waals surface area contributed by atoms with Gasteiger partial charge in [0.25, 0.3) is 0 Å². The molecule has 1 aliphatic rings. The normalized spacial score (nSPS) is 14.5. The van der Waals surface area contributed by atoms with Crippen LogP contribution >= 0.6 is 0 Å². The van der Waals surface area contributed by atoms with Crippen molar-refractivity contribution in [2.45, 2.75) is 27.7 Å². The Morgan fingerprint density at radius 2 is 1.91 bits per heavy atom. The molecular formula is C17H25N3O2. The molecule has 0 spiro atoms. The van der Waals surface area contributed by atoms with Crippen LogP contribution in [0.4, 0.5) is 11.4 Å². The van der Waals surface area contributed by atoms with Gasteiger partial charge in [-0.3, -0.25) is 9.59 Å². The molecule has 2 rings (SSSR count). The molecule has 0 atom stereocenters. The molecule has 0 aliphatic carbocycles. The molecule has 1 aliphatic heterocycles. The number of rotatable bonds is 5.